The quantitative estimate of drug-likeness (QED) is 0.886. The molecule has 2 rings (SSSR count). The highest BCUT2D eigenvalue weighted by Crippen LogP contribution is 2.25. The van der Waals surface area contributed by atoms with Crippen molar-refractivity contribution in [1.29, 1.82) is 0 Å². The molecule has 0 aliphatic heterocycles. The second-order valence-electron chi connectivity index (χ2n) is 5.55. The highest BCUT2D eigenvalue weighted by Gasteiger charge is 2.18. The molecule has 0 bridgehead atoms. The van der Waals surface area contributed by atoms with E-state index in [0.29, 0.717) is 0 Å². The second-order valence-corrected chi connectivity index (χ2v) is 5.92. The highest BCUT2D eigenvalue weighted by molar-refractivity contribution is 6.31. The van der Waals surface area contributed by atoms with E-state index in [1.165, 1.54) is 11.1 Å². The number of aliphatic hydroxyl groups is 1. The van der Waals surface area contributed by atoms with Gasteiger partial charge in [-0.3, -0.25) is 4.68 Å². The molecule has 1 atom stereocenters. The summed E-state index contributed by atoms with van der Waals surface area (Å²) in [5.74, 6) is 0.157. The van der Waals surface area contributed by atoms with Crippen LogP contribution in [0.3, 0.4) is 0 Å². The number of hydrogen-bond donors (Lipinski definition) is 1. The van der Waals surface area contributed by atoms with Crippen LogP contribution in [0.15, 0.2) is 24.3 Å². The molecular weight excluding hydrogens is 284 g/mol. The lowest BCUT2D eigenvalue weighted by atomic mass is 9.93. The lowest BCUT2D eigenvalue weighted by Crippen LogP contribution is -2.16. The fourth-order valence-corrected chi connectivity index (χ4v) is 2.90. The van der Waals surface area contributed by atoms with Gasteiger partial charge < -0.3 is 5.11 Å². The van der Waals surface area contributed by atoms with Gasteiger partial charge in [-0.05, 0) is 50.7 Å². The Hall–Kier alpha value is -1.32. The third-order valence-corrected chi connectivity index (χ3v) is 4.45. The van der Waals surface area contributed by atoms with Crippen LogP contribution in [-0.4, -0.2) is 21.5 Å². The van der Waals surface area contributed by atoms with Crippen LogP contribution in [-0.2, 0) is 19.4 Å². The zero-order chi connectivity index (χ0) is 15.4. The van der Waals surface area contributed by atoms with E-state index in [9.17, 15) is 5.11 Å². The fourth-order valence-electron chi connectivity index (χ4n) is 2.69. The minimum atomic E-state index is 0.151. The Balaban J connectivity index is 2.18. The Kier molecular flexibility index (Phi) is 5.43. The Bertz CT molecular complexity index is 607. The first-order valence-electron chi connectivity index (χ1n) is 7.43. The van der Waals surface area contributed by atoms with Crippen LogP contribution in [0.5, 0.6) is 0 Å². The predicted octanol–water partition coefficient (Wildman–Crippen LogP) is 3.57. The Morgan fingerprint density at radius 2 is 1.95 bits per heavy atom. The second kappa shape index (κ2) is 7.10. The number of benzene rings is 1. The summed E-state index contributed by atoms with van der Waals surface area (Å²) in [6.45, 7) is 7.04. The van der Waals surface area contributed by atoms with Gasteiger partial charge in [0.2, 0.25) is 0 Å². The first kappa shape index (κ1) is 16.1. The van der Waals surface area contributed by atoms with Crippen molar-refractivity contribution in [3.05, 3.63) is 51.8 Å². The van der Waals surface area contributed by atoms with Crippen LogP contribution in [0, 0.1) is 19.8 Å². The van der Waals surface area contributed by atoms with Crippen LogP contribution in [0.1, 0.15) is 29.4 Å². The predicted molar refractivity (Wildman–Crippen MR) is 86.8 cm³/mol. The van der Waals surface area contributed by atoms with Crippen molar-refractivity contribution >= 4 is 11.6 Å². The molecule has 1 heterocycles. The lowest BCUT2D eigenvalue weighted by Gasteiger charge is -2.16. The van der Waals surface area contributed by atoms with Crippen LogP contribution in [0.4, 0.5) is 0 Å². The molecule has 4 heteroatoms. The Morgan fingerprint density at radius 3 is 2.57 bits per heavy atom. The van der Waals surface area contributed by atoms with E-state index < -0.39 is 0 Å². The standard InChI is InChI=1S/C17H23ClN2O/c1-4-20-16(17(18)13(3)19-20)10-14(11-21)9-15-8-6-5-7-12(15)2/h5-8,14,21H,4,9-11H2,1-3H3. The maximum Gasteiger partial charge on any atom is 0.0847 e. The zero-order valence-electron chi connectivity index (χ0n) is 12.9. The van der Waals surface area contributed by atoms with Crippen LogP contribution >= 0.6 is 11.6 Å². The van der Waals surface area contributed by atoms with E-state index in [1.807, 2.05) is 23.7 Å². The molecule has 114 valence electrons. The van der Waals surface area contributed by atoms with Crippen LogP contribution < -0.4 is 0 Å². The monoisotopic (exact) mass is 306 g/mol. The molecule has 0 saturated heterocycles. The molecule has 3 nitrogen and oxygen atoms in total. The van der Waals surface area contributed by atoms with Crippen molar-refractivity contribution in [1.82, 2.24) is 9.78 Å². The summed E-state index contributed by atoms with van der Waals surface area (Å²) in [5.41, 5.74) is 4.44. The van der Waals surface area contributed by atoms with Gasteiger partial charge in [0.1, 0.15) is 0 Å². The summed E-state index contributed by atoms with van der Waals surface area (Å²) >= 11 is 6.36. The van der Waals surface area contributed by atoms with Gasteiger partial charge in [-0.2, -0.15) is 5.10 Å². The van der Waals surface area contributed by atoms with E-state index in [2.05, 4.69) is 31.1 Å². The highest BCUT2D eigenvalue weighted by atomic mass is 35.5. The number of rotatable bonds is 6. The van der Waals surface area contributed by atoms with Gasteiger partial charge in [0.25, 0.3) is 0 Å². The lowest BCUT2D eigenvalue weighted by molar-refractivity contribution is 0.222. The molecule has 0 amide bonds. The van der Waals surface area contributed by atoms with Crippen molar-refractivity contribution in [2.45, 2.75) is 40.2 Å². The van der Waals surface area contributed by atoms with Crippen molar-refractivity contribution < 1.29 is 5.11 Å². The molecule has 2 aromatic rings. The largest absolute Gasteiger partial charge is 0.396 e. The molecule has 1 N–H and O–H groups in total. The SMILES string of the molecule is CCn1nc(C)c(Cl)c1CC(CO)Cc1ccccc1C. The molecule has 0 aliphatic rings. The molecular formula is C17H23ClN2O. The van der Waals surface area contributed by atoms with E-state index in [1.54, 1.807) is 0 Å². The van der Waals surface area contributed by atoms with E-state index in [4.69, 9.17) is 11.6 Å². The van der Waals surface area contributed by atoms with Crippen LogP contribution in [0.25, 0.3) is 0 Å². The van der Waals surface area contributed by atoms with Gasteiger partial charge in [0.05, 0.1) is 16.4 Å². The summed E-state index contributed by atoms with van der Waals surface area (Å²) in [5, 5.41) is 14.9. The first-order chi connectivity index (χ1) is 10.1. The molecule has 1 aromatic carbocycles. The van der Waals surface area contributed by atoms with Gasteiger partial charge >= 0.3 is 0 Å². The zero-order valence-corrected chi connectivity index (χ0v) is 13.7. The van der Waals surface area contributed by atoms with E-state index in [0.717, 1.165) is 35.8 Å². The van der Waals surface area contributed by atoms with Crippen molar-refractivity contribution in [2.75, 3.05) is 6.61 Å². The normalized spacial score (nSPS) is 12.6. The molecule has 1 unspecified atom stereocenters. The Morgan fingerprint density at radius 1 is 1.24 bits per heavy atom. The third kappa shape index (κ3) is 3.66. The van der Waals surface area contributed by atoms with Crippen molar-refractivity contribution in [2.24, 2.45) is 5.92 Å². The maximum absolute atomic E-state index is 9.73. The van der Waals surface area contributed by atoms with E-state index in [-0.39, 0.29) is 12.5 Å². The first-order valence-corrected chi connectivity index (χ1v) is 7.81. The van der Waals surface area contributed by atoms with Crippen molar-refractivity contribution in [3.63, 3.8) is 0 Å². The topological polar surface area (TPSA) is 38.0 Å². The maximum atomic E-state index is 9.73. The smallest absolute Gasteiger partial charge is 0.0847 e. The summed E-state index contributed by atoms with van der Waals surface area (Å²) in [4.78, 5) is 0. The molecule has 21 heavy (non-hydrogen) atoms. The number of nitrogens with zero attached hydrogens (tertiary/aromatic N) is 2. The molecule has 0 aliphatic carbocycles. The number of aromatic nitrogens is 2. The number of hydrogen-bond acceptors (Lipinski definition) is 2. The van der Waals surface area contributed by atoms with Crippen LogP contribution in [0.2, 0.25) is 5.02 Å². The molecule has 0 saturated carbocycles. The van der Waals surface area contributed by atoms with Gasteiger partial charge in [-0.1, -0.05) is 35.9 Å². The van der Waals surface area contributed by atoms with Gasteiger partial charge in [0, 0.05) is 13.2 Å². The minimum Gasteiger partial charge on any atom is -0.396 e. The Labute approximate surface area is 131 Å². The number of aliphatic hydroxyl groups excluding tert-OH is 1. The summed E-state index contributed by atoms with van der Waals surface area (Å²) in [6.07, 6.45) is 1.60. The van der Waals surface area contributed by atoms with Gasteiger partial charge in [-0.15, -0.1) is 0 Å². The molecule has 1 aromatic heterocycles. The average Bonchev–Trinajstić information content (AvgIpc) is 2.76. The fraction of sp³-hybridized carbons (Fsp3) is 0.471. The third-order valence-electron chi connectivity index (χ3n) is 3.96. The summed E-state index contributed by atoms with van der Waals surface area (Å²) in [6, 6.07) is 8.32. The average molecular weight is 307 g/mol. The van der Waals surface area contributed by atoms with Gasteiger partial charge in [0.15, 0.2) is 0 Å². The molecule has 0 spiro atoms. The summed E-state index contributed by atoms with van der Waals surface area (Å²) in [7, 11) is 0. The van der Waals surface area contributed by atoms with Gasteiger partial charge in [-0.25, -0.2) is 0 Å². The number of halogens is 1. The van der Waals surface area contributed by atoms with Crippen molar-refractivity contribution in [3.8, 4) is 0 Å². The summed E-state index contributed by atoms with van der Waals surface area (Å²) < 4.78 is 1.94. The number of aryl methyl sites for hydroxylation is 3. The molecule has 0 fully saturated rings. The van der Waals surface area contributed by atoms with E-state index >= 15 is 0 Å². The molecule has 0 radical (unpaired) electrons. The minimum absolute atomic E-state index is 0.151.